The normalized spacial score (nSPS) is 18.9. The molecule has 1 fully saturated rings. The van der Waals surface area contributed by atoms with Crippen LogP contribution in [0.3, 0.4) is 0 Å². The minimum absolute atomic E-state index is 0. The number of hydrogen-bond acceptors (Lipinski definition) is 17. The number of carboxylic acids is 2. The van der Waals surface area contributed by atoms with Crippen LogP contribution in [-0.2, 0) is 49.2 Å². The molecule has 3 rings (SSSR count). The molecule has 20 nitrogen and oxygen atoms in total. The van der Waals surface area contributed by atoms with E-state index >= 15 is 0 Å². The van der Waals surface area contributed by atoms with Crippen molar-refractivity contribution in [2.45, 2.75) is 76.0 Å². The molecule has 1 aromatic rings. The summed E-state index contributed by atoms with van der Waals surface area (Å²) in [5.41, 5.74) is 1.31. The third kappa shape index (κ3) is 24.1. The van der Waals surface area contributed by atoms with Crippen molar-refractivity contribution in [2.75, 3.05) is 92.9 Å². The molecule has 0 aromatic carbocycles. The zero-order valence-electron chi connectivity index (χ0n) is 34.5. The third-order valence-electron chi connectivity index (χ3n) is 8.84. The number of carbonyl (C=O) groups is 2. The summed E-state index contributed by atoms with van der Waals surface area (Å²) in [5, 5.41) is 78.4. The summed E-state index contributed by atoms with van der Waals surface area (Å²) < 4.78 is 10.8. The Balaban J connectivity index is 0.00000212. The van der Waals surface area contributed by atoms with Gasteiger partial charge in [0.2, 0.25) is 0 Å². The molecule has 3 heterocycles. The van der Waals surface area contributed by atoms with E-state index in [1.807, 2.05) is 53.8 Å². The van der Waals surface area contributed by atoms with Gasteiger partial charge < -0.3 is 71.4 Å². The number of aromatic nitrogens is 1. The van der Waals surface area contributed by atoms with Crippen LogP contribution < -0.4 is 21.3 Å². The summed E-state index contributed by atoms with van der Waals surface area (Å²) in [7, 11) is 2.91. The second kappa shape index (κ2) is 32.1. The van der Waals surface area contributed by atoms with Crippen LogP contribution in [0.2, 0.25) is 0 Å². The number of aliphatic hydroxyl groups is 5. The maximum absolute atomic E-state index is 12.4. The molecule has 1 saturated heterocycles. The fourth-order valence-corrected chi connectivity index (χ4v) is 6.20. The summed E-state index contributed by atoms with van der Waals surface area (Å²) in [6.07, 6.45) is -1.39. The number of isothiocyanates is 1. The molecule has 1 aromatic heterocycles. The van der Waals surface area contributed by atoms with E-state index in [0.717, 1.165) is 7.11 Å². The summed E-state index contributed by atoms with van der Waals surface area (Å²) in [6.45, 7) is 7.21. The van der Waals surface area contributed by atoms with Gasteiger partial charge in [0.25, 0.3) is 0 Å². The van der Waals surface area contributed by atoms with Gasteiger partial charge >= 0.3 is 11.9 Å². The van der Waals surface area contributed by atoms with Crippen LogP contribution >= 0.6 is 36.7 Å². The number of aliphatic carboxylic acids is 2. The van der Waals surface area contributed by atoms with Crippen LogP contribution in [0.5, 0.6) is 0 Å². The Kier molecular flexibility index (Phi) is 30.7. The molecule has 0 amide bonds. The maximum atomic E-state index is 12.4. The van der Waals surface area contributed by atoms with Crippen LogP contribution in [0, 0.1) is 0 Å². The van der Waals surface area contributed by atoms with Crippen molar-refractivity contribution >= 4 is 64.0 Å². The van der Waals surface area contributed by atoms with E-state index in [9.17, 15) is 30.0 Å². The number of nitrogens with one attached hydrogen (secondary N) is 4. The van der Waals surface area contributed by atoms with Crippen LogP contribution in [0.1, 0.15) is 38.1 Å². The molecule has 0 spiro atoms. The first kappa shape index (κ1) is 57.4. The van der Waals surface area contributed by atoms with E-state index in [2.05, 4.69) is 43.6 Å². The Morgan fingerprint density at radius 3 is 1.70 bits per heavy atom. The van der Waals surface area contributed by atoms with Crippen molar-refractivity contribution in [1.29, 1.82) is 0 Å². The zero-order chi connectivity index (χ0) is 44.4. The van der Waals surface area contributed by atoms with Crippen molar-refractivity contribution in [3.63, 3.8) is 0 Å². The Morgan fingerprint density at radius 1 is 0.883 bits per heavy atom. The Morgan fingerprint density at radius 2 is 1.33 bits per heavy atom. The molecule has 0 aliphatic carbocycles. The van der Waals surface area contributed by atoms with Crippen LogP contribution in [0.15, 0.2) is 23.2 Å². The smallest absolute Gasteiger partial charge is 0.320 e. The van der Waals surface area contributed by atoms with Gasteiger partial charge in [0.05, 0.1) is 55.1 Å². The first-order valence-corrected chi connectivity index (χ1v) is 20.3. The molecule has 2 unspecified atom stereocenters. The molecule has 60 heavy (non-hydrogen) atoms. The molecule has 2 aliphatic rings. The van der Waals surface area contributed by atoms with E-state index in [4.69, 9.17) is 54.2 Å². The number of aliphatic imine (C=N–C) groups is 1. The van der Waals surface area contributed by atoms with Gasteiger partial charge in [0.1, 0.15) is 18.2 Å². The maximum Gasteiger partial charge on any atom is 0.320 e. The molecule has 343 valence electrons. The van der Waals surface area contributed by atoms with Gasteiger partial charge in [-0.3, -0.25) is 24.4 Å². The molecular weight excluding hydrogens is 886 g/mol. The first-order valence-electron chi connectivity index (χ1n) is 19.1. The second-order valence-electron chi connectivity index (χ2n) is 14.0. The molecule has 2 aliphatic heterocycles. The van der Waals surface area contributed by atoms with Crippen LogP contribution in [0.4, 0.5) is 0 Å². The minimum atomic E-state index is -0.981. The van der Waals surface area contributed by atoms with E-state index in [1.54, 1.807) is 0 Å². The van der Waals surface area contributed by atoms with Gasteiger partial charge in [-0.05, 0) is 82.5 Å². The van der Waals surface area contributed by atoms with Crippen LogP contribution in [0.25, 0.3) is 0 Å². The van der Waals surface area contributed by atoms with Crippen molar-refractivity contribution in [2.24, 2.45) is 4.99 Å². The van der Waals surface area contributed by atoms with Gasteiger partial charge in [0, 0.05) is 89.6 Å². The first-order chi connectivity index (χ1) is 28.1. The Labute approximate surface area is 378 Å². The number of thiocarbonyl (C=S) groups is 3. The zero-order valence-corrected chi connectivity index (χ0v) is 38.2. The number of pyridine rings is 1. The summed E-state index contributed by atoms with van der Waals surface area (Å²) in [5.74, 6) is -2.42. The summed E-state index contributed by atoms with van der Waals surface area (Å²) >= 11 is 14.8. The number of aliphatic hydroxyl groups excluding tert-OH is 5. The summed E-state index contributed by atoms with van der Waals surface area (Å²) in [6, 6.07) is 3.79. The van der Waals surface area contributed by atoms with Crippen molar-refractivity contribution in [3.05, 3.63) is 29.6 Å². The average molecular weight is 949 g/mol. The topological polar surface area (TPSA) is 277 Å². The second-order valence-corrected chi connectivity index (χ2v) is 15.0. The number of fused-ring (bicyclic) bond motifs is 2. The number of nitrogens with zero attached hydrogens (tertiary/aromatic N) is 5. The Bertz CT molecular complexity index is 1390. The van der Waals surface area contributed by atoms with Gasteiger partial charge in [-0.25, -0.2) is 4.99 Å². The van der Waals surface area contributed by atoms with Gasteiger partial charge in [0.15, 0.2) is 16.0 Å². The molecule has 11 N–H and O–H groups in total. The largest absolute Gasteiger partial charge is 0.480 e. The quantitative estimate of drug-likeness (QED) is 0.0423. The standard InChI is InChI=1S/C28H48N8O8S2.C7H11NO2S.CH4O.Mn/c1-34-9-11-35(23(25(41)42)5-7-29-27(45)31-13-21(39)17-37)15-19-3-2-4-20(33-19)16-36(12-10-34)24(26(43)44)6-8-30-28(46)32-14-22(40)18-38;1-7(2)9-4-6(10-7)3-8-5-11;1-2;/h2-4,21-24,37-40H,5-18H2,1H3,(H,41,42)(H,43,44)(H2,29,31,45)(H2,30,32,46);6H,3-4H2,1-2H3;2H,1H3;/t21-,22-,23?,24?;6-;;/m00../s1. The molecule has 1 radical (unpaired) electrons. The van der Waals surface area contributed by atoms with E-state index in [1.165, 1.54) is 0 Å². The third-order valence-corrected chi connectivity index (χ3v) is 9.54. The SMILES string of the molecule is CC1(C)OC[C@H](CN=C=S)O1.CN1CCN(C(CCNC(=S)NC[C@H](O)CO)C(=O)O)Cc2cccc(n2)CN(C(CCNC(=S)NC[C@H](O)CO)C(=O)O)CC1.CO.[Mn]. The van der Waals surface area contributed by atoms with Crippen molar-refractivity contribution in [3.8, 4) is 0 Å². The van der Waals surface area contributed by atoms with E-state index in [-0.39, 0.29) is 85.5 Å². The van der Waals surface area contributed by atoms with Crippen molar-refractivity contribution in [1.82, 2.24) is 41.0 Å². The molecule has 5 atom stereocenters. The fourth-order valence-electron chi connectivity index (χ4n) is 5.76. The van der Waals surface area contributed by atoms with Crippen molar-refractivity contribution < 1.29 is 71.9 Å². The predicted octanol–water partition coefficient (Wildman–Crippen LogP) is -2.20. The molecule has 2 bridgehead atoms. The number of hydrogen-bond donors (Lipinski definition) is 11. The van der Waals surface area contributed by atoms with Crippen LogP contribution in [-0.4, -0.2) is 212 Å². The van der Waals surface area contributed by atoms with Gasteiger partial charge in [-0.2, -0.15) is 0 Å². The average Bonchev–Trinajstić information content (AvgIpc) is 3.57. The monoisotopic (exact) mass is 948 g/mol. The van der Waals surface area contributed by atoms with E-state index in [0.29, 0.717) is 50.7 Å². The molecular formula is C36H63MnN9O11S3. The minimum Gasteiger partial charge on any atom is -0.480 e. The predicted molar refractivity (Wildman–Crippen MR) is 231 cm³/mol. The molecule has 24 heteroatoms. The van der Waals surface area contributed by atoms with Gasteiger partial charge in [-0.1, -0.05) is 6.07 Å². The van der Waals surface area contributed by atoms with Gasteiger partial charge in [-0.15, -0.1) is 0 Å². The van der Waals surface area contributed by atoms with E-state index < -0.39 is 55.2 Å². The number of carboxylic acid groups (broad SMARTS) is 2. The number of rotatable bonds is 18. The summed E-state index contributed by atoms with van der Waals surface area (Å²) in [4.78, 5) is 39.1. The number of ether oxygens (including phenoxy) is 2. The fraction of sp³-hybridized carbons (Fsp3) is 0.722. The Hall–Kier alpha value is -2.61. The molecule has 0 saturated carbocycles. The number of likely N-dealkylation sites (N-methyl/N-ethyl adjacent to an activating group) is 1.